The summed E-state index contributed by atoms with van der Waals surface area (Å²) in [5.74, 6) is 0.872. The lowest BCUT2D eigenvalue weighted by Gasteiger charge is -2.34. The highest BCUT2D eigenvalue weighted by Crippen LogP contribution is 2.37. The quantitative estimate of drug-likeness (QED) is 0.856. The predicted octanol–water partition coefficient (Wildman–Crippen LogP) is 2.11. The van der Waals surface area contributed by atoms with Crippen molar-refractivity contribution in [3.05, 3.63) is 30.1 Å². The predicted molar refractivity (Wildman–Crippen MR) is 89.6 cm³/mol. The first-order chi connectivity index (χ1) is 11.4. The minimum Gasteiger partial charge on any atom is -0.334 e. The van der Waals surface area contributed by atoms with Crippen molar-refractivity contribution in [1.29, 1.82) is 0 Å². The van der Waals surface area contributed by atoms with Crippen LogP contribution in [0.15, 0.2) is 33.7 Å². The molecule has 0 bridgehead atoms. The first-order valence-corrected chi connectivity index (χ1v) is 9.58. The van der Waals surface area contributed by atoms with E-state index in [-0.39, 0.29) is 4.90 Å². The number of benzene rings is 1. The lowest BCUT2D eigenvalue weighted by atomic mass is 9.77. The van der Waals surface area contributed by atoms with E-state index in [0.717, 1.165) is 19.3 Å². The zero-order valence-corrected chi connectivity index (χ0v) is 14.7. The highest BCUT2D eigenvalue weighted by atomic mass is 32.2. The smallest absolute Gasteiger partial charge is 0.257 e. The van der Waals surface area contributed by atoms with Gasteiger partial charge >= 0.3 is 0 Å². The van der Waals surface area contributed by atoms with Gasteiger partial charge in [0, 0.05) is 18.7 Å². The van der Waals surface area contributed by atoms with E-state index in [0.29, 0.717) is 30.4 Å². The second-order valence-electron chi connectivity index (χ2n) is 6.05. The summed E-state index contributed by atoms with van der Waals surface area (Å²) < 4.78 is 31.7. The second-order valence-corrected chi connectivity index (χ2v) is 7.98. The third kappa shape index (κ3) is 2.85. The summed E-state index contributed by atoms with van der Waals surface area (Å²) in [5, 5.41) is 3.97. The SMILES string of the molecule is CCN(CC)S(=O)(=O)c1ccc(-c2nc(C3(N)CCC3)no2)cc1. The highest BCUT2D eigenvalue weighted by molar-refractivity contribution is 7.89. The Hall–Kier alpha value is -1.77. The average Bonchev–Trinajstić information content (AvgIpc) is 3.04. The van der Waals surface area contributed by atoms with Crippen LogP contribution >= 0.6 is 0 Å². The Bertz CT molecular complexity index is 806. The molecule has 2 N–H and O–H groups in total. The normalized spacial score (nSPS) is 17.0. The lowest BCUT2D eigenvalue weighted by Crippen LogP contribution is -2.44. The van der Waals surface area contributed by atoms with Gasteiger partial charge in [-0.3, -0.25) is 0 Å². The van der Waals surface area contributed by atoms with Gasteiger partial charge in [-0.05, 0) is 43.5 Å². The van der Waals surface area contributed by atoms with Gasteiger partial charge in [0.15, 0.2) is 5.82 Å². The zero-order chi connectivity index (χ0) is 17.4. The van der Waals surface area contributed by atoms with E-state index < -0.39 is 15.6 Å². The molecule has 1 fully saturated rings. The van der Waals surface area contributed by atoms with Crippen molar-refractivity contribution in [3.63, 3.8) is 0 Å². The number of rotatable bonds is 6. The van der Waals surface area contributed by atoms with E-state index in [1.54, 1.807) is 24.3 Å². The molecular weight excluding hydrogens is 328 g/mol. The van der Waals surface area contributed by atoms with Crippen LogP contribution in [0.1, 0.15) is 38.9 Å². The second kappa shape index (κ2) is 6.27. The molecule has 0 atom stereocenters. The number of sulfonamides is 1. The summed E-state index contributed by atoms with van der Waals surface area (Å²) in [5.41, 5.74) is 6.39. The van der Waals surface area contributed by atoms with Crippen LogP contribution in [-0.2, 0) is 15.6 Å². The lowest BCUT2D eigenvalue weighted by molar-refractivity contribution is 0.229. The molecule has 24 heavy (non-hydrogen) atoms. The molecule has 0 unspecified atom stereocenters. The number of aromatic nitrogens is 2. The maximum Gasteiger partial charge on any atom is 0.257 e. The van der Waals surface area contributed by atoms with Crippen LogP contribution in [0.3, 0.4) is 0 Å². The molecule has 8 heteroatoms. The maximum absolute atomic E-state index is 12.5. The van der Waals surface area contributed by atoms with Crippen LogP contribution in [-0.4, -0.2) is 36.0 Å². The van der Waals surface area contributed by atoms with E-state index in [4.69, 9.17) is 10.3 Å². The van der Waals surface area contributed by atoms with Crippen LogP contribution in [0.5, 0.6) is 0 Å². The van der Waals surface area contributed by atoms with Gasteiger partial charge in [0.05, 0.1) is 10.4 Å². The standard InChI is InChI=1S/C16H22N4O3S/c1-3-20(4-2)24(21,22)13-8-6-12(7-9-13)14-18-15(19-23-14)16(17)10-5-11-16/h6-9H,3-5,10-11,17H2,1-2H3. The molecule has 0 amide bonds. The molecule has 1 heterocycles. The Morgan fingerprint density at radius 1 is 1.21 bits per heavy atom. The van der Waals surface area contributed by atoms with Crippen molar-refractivity contribution in [3.8, 4) is 11.5 Å². The van der Waals surface area contributed by atoms with Crippen LogP contribution in [0.4, 0.5) is 0 Å². The van der Waals surface area contributed by atoms with Crippen molar-refractivity contribution in [1.82, 2.24) is 14.4 Å². The fraction of sp³-hybridized carbons (Fsp3) is 0.500. The van der Waals surface area contributed by atoms with E-state index >= 15 is 0 Å². The van der Waals surface area contributed by atoms with Gasteiger partial charge in [-0.1, -0.05) is 19.0 Å². The van der Waals surface area contributed by atoms with E-state index in [1.807, 2.05) is 13.8 Å². The Labute approximate surface area is 141 Å². The molecule has 1 saturated carbocycles. The molecule has 0 saturated heterocycles. The van der Waals surface area contributed by atoms with Crippen molar-refractivity contribution >= 4 is 10.0 Å². The molecule has 0 radical (unpaired) electrons. The number of hydrogen-bond donors (Lipinski definition) is 1. The van der Waals surface area contributed by atoms with Gasteiger partial charge in [-0.2, -0.15) is 9.29 Å². The van der Waals surface area contributed by atoms with Crippen molar-refractivity contribution < 1.29 is 12.9 Å². The van der Waals surface area contributed by atoms with Crippen molar-refractivity contribution in [2.45, 2.75) is 43.5 Å². The summed E-state index contributed by atoms with van der Waals surface area (Å²) in [6, 6.07) is 6.48. The van der Waals surface area contributed by atoms with Gasteiger partial charge in [-0.15, -0.1) is 0 Å². The Morgan fingerprint density at radius 3 is 2.33 bits per heavy atom. The summed E-state index contributed by atoms with van der Waals surface area (Å²) in [6.07, 6.45) is 2.78. The first kappa shape index (κ1) is 17.1. The Balaban J connectivity index is 1.85. The molecule has 130 valence electrons. The molecule has 1 aromatic heterocycles. The fourth-order valence-corrected chi connectivity index (χ4v) is 4.26. The number of nitrogens with zero attached hydrogens (tertiary/aromatic N) is 3. The molecule has 2 aromatic rings. The van der Waals surface area contributed by atoms with E-state index in [1.165, 1.54) is 4.31 Å². The van der Waals surface area contributed by atoms with Crippen LogP contribution < -0.4 is 5.73 Å². The highest BCUT2D eigenvalue weighted by Gasteiger charge is 2.39. The van der Waals surface area contributed by atoms with E-state index in [9.17, 15) is 8.42 Å². The first-order valence-electron chi connectivity index (χ1n) is 8.14. The minimum atomic E-state index is -3.47. The van der Waals surface area contributed by atoms with Crippen molar-refractivity contribution in [2.24, 2.45) is 5.73 Å². The Kier molecular flexibility index (Phi) is 4.46. The molecule has 1 aromatic carbocycles. The minimum absolute atomic E-state index is 0.254. The van der Waals surface area contributed by atoms with Gasteiger partial charge in [-0.25, -0.2) is 8.42 Å². The van der Waals surface area contributed by atoms with Gasteiger partial charge in [0.25, 0.3) is 5.89 Å². The maximum atomic E-state index is 12.5. The largest absolute Gasteiger partial charge is 0.334 e. The zero-order valence-electron chi connectivity index (χ0n) is 13.9. The van der Waals surface area contributed by atoms with Crippen LogP contribution in [0.2, 0.25) is 0 Å². The van der Waals surface area contributed by atoms with Crippen LogP contribution in [0.25, 0.3) is 11.5 Å². The number of nitrogens with two attached hydrogens (primary N) is 1. The van der Waals surface area contributed by atoms with Gasteiger partial charge < -0.3 is 10.3 Å². The van der Waals surface area contributed by atoms with Crippen LogP contribution in [0, 0.1) is 0 Å². The monoisotopic (exact) mass is 350 g/mol. The van der Waals surface area contributed by atoms with E-state index in [2.05, 4.69) is 10.1 Å². The molecule has 0 spiro atoms. The van der Waals surface area contributed by atoms with Gasteiger partial charge in [0.2, 0.25) is 10.0 Å². The topological polar surface area (TPSA) is 102 Å². The van der Waals surface area contributed by atoms with Gasteiger partial charge in [0.1, 0.15) is 0 Å². The summed E-state index contributed by atoms with van der Waals surface area (Å²) in [6.45, 7) is 4.51. The molecule has 0 aliphatic heterocycles. The third-order valence-corrected chi connectivity index (χ3v) is 6.63. The third-order valence-electron chi connectivity index (χ3n) is 4.56. The molecule has 1 aliphatic carbocycles. The molecule has 7 nitrogen and oxygen atoms in total. The summed E-state index contributed by atoms with van der Waals surface area (Å²) >= 11 is 0. The molecule has 3 rings (SSSR count). The summed E-state index contributed by atoms with van der Waals surface area (Å²) in [7, 11) is -3.47. The van der Waals surface area contributed by atoms with Crippen molar-refractivity contribution in [2.75, 3.05) is 13.1 Å². The fourth-order valence-electron chi connectivity index (χ4n) is 2.81. The summed E-state index contributed by atoms with van der Waals surface area (Å²) in [4.78, 5) is 4.62. The average molecular weight is 350 g/mol. The molecule has 1 aliphatic rings. The number of hydrogen-bond acceptors (Lipinski definition) is 6. The molecular formula is C16H22N4O3S. The Morgan fingerprint density at radius 2 is 1.83 bits per heavy atom.